The van der Waals surface area contributed by atoms with E-state index in [2.05, 4.69) is 0 Å². The van der Waals surface area contributed by atoms with Gasteiger partial charge in [0.25, 0.3) is 0 Å². The second-order valence-electron chi connectivity index (χ2n) is 4.50. The van der Waals surface area contributed by atoms with Gasteiger partial charge in [-0.1, -0.05) is 29.8 Å². The van der Waals surface area contributed by atoms with Gasteiger partial charge in [0.2, 0.25) is 5.91 Å². The van der Waals surface area contributed by atoms with Crippen LogP contribution in [0.5, 0.6) is 0 Å². The lowest BCUT2D eigenvalue weighted by Gasteiger charge is -2.16. The summed E-state index contributed by atoms with van der Waals surface area (Å²) in [6, 6.07) is 7.49. The minimum absolute atomic E-state index is 0.147. The number of hydrogen-bond donors (Lipinski definition) is 1. The van der Waals surface area contributed by atoms with Crippen LogP contribution in [0.15, 0.2) is 24.3 Å². The van der Waals surface area contributed by atoms with Crippen LogP contribution in [-0.4, -0.2) is 30.4 Å². The first-order valence-corrected chi connectivity index (χ1v) is 6.29. The zero-order valence-corrected chi connectivity index (χ0v) is 10.5. The maximum Gasteiger partial charge on any atom is 0.227 e. The van der Waals surface area contributed by atoms with Crippen LogP contribution in [0.25, 0.3) is 0 Å². The van der Waals surface area contributed by atoms with E-state index in [1.807, 2.05) is 29.2 Å². The van der Waals surface area contributed by atoms with Gasteiger partial charge < -0.3 is 10.6 Å². The van der Waals surface area contributed by atoms with E-state index in [4.69, 9.17) is 17.3 Å². The first-order chi connectivity index (χ1) is 8.20. The normalized spacial score (nSPS) is 19.6. The van der Waals surface area contributed by atoms with Gasteiger partial charge in [0.05, 0.1) is 6.42 Å². The van der Waals surface area contributed by atoms with E-state index in [1.54, 1.807) is 0 Å². The van der Waals surface area contributed by atoms with Crippen molar-refractivity contribution < 1.29 is 4.79 Å². The summed E-state index contributed by atoms with van der Waals surface area (Å²) in [5.41, 5.74) is 6.51. The van der Waals surface area contributed by atoms with Gasteiger partial charge in [-0.15, -0.1) is 0 Å². The molecule has 0 bridgehead atoms. The fourth-order valence-electron chi connectivity index (χ4n) is 2.17. The molecule has 2 N–H and O–H groups in total. The average molecular weight is 253 g/mol. The third kappa shape index (κ3) is 2.99. The molecule has 1 fully saturated rings. The predicted octanol–water partition coefficient (Wildman–Crippen LogP) is 1.69. The molecule has 1 atom stereocenters. The van der Waals surface area contributed by atoms with E-state index in [0.717, 1.165) is 25.1 Å². The third-order valence-corrected chi connectivity index (χ3v) is 3.64. The van der Waals surface area contributed by atoms with Crippen LogP contribution in [0.2, 0.25) is 5.02 Å². The van der Waals surface area contributed by atoms with Crippen molar-refractivity contribution in [3.63, 3.8) is 0 Å². The predicted molar refractivity (Wildman–Crippen MR) is 68.9 cm³/mol. The molecular weight excluding hydrogens is 236 g/mol. The standard InChI is InChI=1S/C13H17ClN2O/c14-12-4-2-1-3-11(12)7-13(17)16-6-5-10(8-15)9-16/h1-4,10H,5-9,15H2. The van der Waals surface area contributed by atoms with Crippen molar-refractivity contribution in [1.82, 2.24) is 4.90 Å². The number of amides is 1. The summed E-state index contributed by atoms with van der Waals surface area (Å²) >= 11 is 6.04. The highest BCUT2D eigenvalue weighted by molar-refractivity contribution is 6.31. The molecule has 0 radical (unpaired) electrons. The molecule has 1 amide bonds. The molecule has 1 saturated heterocycles. The quantitative estimate of drug-likeness (QED) is 0.890. The molecule has 0 aromatic heterocycles. The molecule has 0 aliphatic carbocycles. The second kappa shape index (κ2) is 5.52. The van der Waals surface area contributed by atoms with Gasteiger partial charge in [-0.05, 0) is 30.5 Å². The highest BCUT2D eigenvalue weighted by Gasteiger charge is 2.25. The van der Waals surface area contributed by atoms with Crippen LogP contribution in [-0.2, 0) is 11.2 Å². The van der Waals surface area contributed by atoms with Crippen molar-refractivity contribution in [3.05, 3.63) is 34.9 Å². The number of nitrogens with zero attached hydrogens (tertiary/aromatic N) is 1. The lowest BCUT2D eigenvalue weighted by Crippen LogP contribution is -2.31. The molecule has 1 aromatic rings. The Kier molecular flexibility index (Phi) is 4.02. The van der Waals surface area contributed by atoms with Gasteiger partial charge in [-0.3, -0.25) is 4.79 Å². The molecule has 1 unspecified atom stereocenters. The van der Waals surface area contributed by atoms with E-state index in [1.165, 1.54) is 0 Å². The van der Waals surface area contributed by atoms with Gasteiger partial charge in [-0.25, -0.2) is 0 Å². The molecule has 92 valence electrons. The first-order valence-electron chi connectivity index (χ1n) is 5.92. The lowest BCUT2D eigenvalue weighted by molar-refractivity contribution is -0.129. The van der Waals surface area contributed by atoms with Crippen LogP contribution < -0.4 is 5.73 Å². The molecule has 3 nitrogen and oxygen atoms in total. The number of halogens is 1. The Morgan fingerprint density at radius 1 is 1.47 bits per heavy atom. The van der Waals surface area contributed by atoms with Gasteiger partial charge in [0.1, 0.15) is 0 Å². The minimum Gasteiger partial charge on any atom is -0.342 e. The highest BCUT2D eigenvalue weighted by atomic mass is 35.5. The third-order valence-electron chi connectivity index (χ3n) is 3.27. The number of nitrogens with two attached hydrogens (primary N) is 1. The number of rotatable bonds is 3. The zero-order chi connectivity index (χ0) is 12.3. The van der Waals surface area contributed by atoms with Crippen LogP contribution in [0, 0.1) is 5.92 Å². The topological polar surface area (TPSA) is 46.3 Å². The molecule has 2 rings (SSSR count). The summed E-state index contributed by atoms with van der Waals surface area (Å²) in [7, 11) is 0. The van der Waals surface area contributed by atoms with Crippen molar-refractivity contribution in [1.29, 1.82) is 0 Å². The monoisotopic (exact) mass is 252 g/mol. The molecule has 17 heavy (non-hydrogen) atoms. The largest absolute Gasteiger partial charge is 0.342 e. The summed E-state index contributed by atoms with van der Waals surface area (Å²) in [6.45, 7) is 2.28. The number of benzene rings is 1. The summed E-state index contributed by atoms with van der Waals surface area (Å²) in [4.78, 5) is 13.9. The Balaban J connectivity index is 1.96. The molecule has 0 spiro atoms. The first kappa shape index (κ1) is 12.4. The summed E-state index contributed by atoms with van der Waals surface area (Å²) in [6.07, 6.45) is 1.40. The Morgan fingerprint density at radius 2 is 2.24 bits per heavy atom. The van der Waals surface area contributed by atoms with Crippen LogP contribution in [0.1, 0.15) is 12.0 Å². The maximum absolute atomic E-state index is 12.1. The van der Waals surface area contributed by atoms with E-state index in [9.17, 15) is 4.79 Å². The number of carbonyl (C=O) groups is 1. The van der Waals surface area contributed by atoms with Crippen molar-refractivity contribution in [2.24, 2.45) is 11.7 Å². The molecular formula is C13H17ClN2O. The van der Waals surface area contributed by atoms with Crippen molar-refractivity contribution in [2.75, 3.05) is 19.6 Å². The number of hydrogen-bond acceptors (Lipinski definition) is 2. The van der Waals surface area contributed by atoms with E-state index >= 15 is 0 Å². The summed E-state index contributed by atoms with van der Waals surface area (Å²) in [5, 5.41) is 0.662. The Bertz CT molecular complexity index is 408. The van der Waals surface area contributed by atoms with Crippen molar-refractivity contribution in [2.45, 2.75) is 12.8 Å². The Hall–Kier alpha value is -1.06. The molecule has 1 aliphatic heterocycles. The summed E-state index contributed by atoms with van der Waals surface area (Å²) in [5.74, 6) is 0.610. The Morgan fingerprint density at radius 3 is 2.88 bits per heavy atom. The fourth-order valence-corrected chi connectivity index (χ4v) is 2.37. The molecule has 4 heteroatoms. The van der Waals surface area contributed by atoms with E-state index in [0.29, 0.717) is 23.9 Å². The second-order valence-corrected chi connectivity index (χ2v) is 4.91. The maximum atomic E-state index is 12.1. The van der Waals surface area contributed by atoms with Crippen molar-refractivity contribution in [3.8, 4) is 0 Å². The van der Waals surface area contributed by atoms with Crippen molar-refractivity contribution >= 4 is 17.5 Å². The number of likely N-dealkylation sites (tertiary alicyclic amines) is 1. The molecule has 1 heterocycles. The summed E-state index contributed by atoms with van der Waals surface area (Å²) < 4.78 is 0. The molecule has 1 aliphatic rings. The molecule has 1 aromatic carbocycles. The van der Waals surface area contributed by atoms with Gasteiger partial charge >= 0.3 is 0 Å². The fraction of sp³-hybridized carbons (Fsp3) is 0.462. The van der Waals surface area contributed by atoms with Crippen LogP contribution in [0.3, 0.4) is 0 Å². The van der Waals surface area contributed by atoms with Gasteiger partial charge in [0.15, 0.2) is 0 Å². The van der Waals surface area contributed by atoms with Crippen LogP contribution >= 0.6 is 11.6 Å². The Labute approximate surface area is 107 Å². The van der Waals surface area contributed by atoms with E-state index < -0.39 is 0 Å². The van der Waals surface area contributed by atoms with E-state index in [-0.39, 0.29) is 5.91 Å². The van der Waals surface area contributed by atoms with Gasteiger partial charge in [0, 0.05) is 18.1 Å². The van der Waals surface area contributed by atoms with Gasteiger partial charge in [-0.2, -0.15) is 0 Å². The number of carbonyl (C=O) groups excluding carboxylic acids is 1. The molecule has 0 saturated carbocycles. The minimum atomic E-state index is 0.147. The lowest BCUT2D eigenvalue weighted by atomic mass is 10.1. The zero-order valence-electron chi connectivity index (χ0n) is 9.73. The SMILES string of the molecule is NCC1CCN(C(=O)Cc2ccccc2Cl)C1. The smallest absolute Gasteiger partial charge is 0.227 e. The average Bonchev–Trinajstić information content (AvgIpc) is 2.81. The van der Waals surface area contributed by atoms with Crippen LogP contribution in [0.4, 0.5) is 0 Å². The highest BCUT2D eigenvalue weighted by Crippen LogP contribution is 2.19.